The molecule has 1 aliphatic heterocycles. The molecule has 0 aromatic heterocycles. The van der Waals surface area contributed by atoms with Gasteiger partial charge in [0, 0.05) is 25.9 Å². The summed E-state index contributed by atoms with van der Waals surface area (Å²) in [6.45, 7) is 3.92. The van der Waals surface area contributed by atoms with Crippen molar-refractivity contribution < 1.29 is 13.5 Å². The highest BCUT2D eigenvalue weighted by atomic mass is 32.2. The third-order valence-electron chi connectivity index (χ3n) is 4.34. The number of sulfone groups is 1. The van der Waals surface area contributed by atoms with E-state index < -0.39 is 15.4 Å². The van der Waals surface area contributed by atoms with Crippen LogP contribution in [0, 0.1) is 0 Å². The second-order valence-corrected chi connectivity index (χ2v) is 8.50. The summed E-state index contributed by atoms with van der Waals surface area (Å²) in [5, 5.41) is 10.8. The second kappa shape index (κ2) is 5.74. The lowest BCUT2D eigenvalue weighted by Gasteiger charge is -2.29. The molecule has 0 saturated carbocycles. The fourth-order valence-electron chi connectivity index (χ4n) is 3.10. The van der Waals surface area contributed by atoms with E-state index in [9.17, 15) is 13.5 Å². The molecule has 0 amide bonds. The van der Waals surface area contributed by atoms with Crippen LogP contribution in [-0.4, -0.2) is 31.2 Å². The van der Waals surface area contributed by atoms with Crippen LogP contribution in [0.2, 0.25) is 0 Å². The fraction of sp³-hybridized carbons (Fsp3) is 0.333. The highest BCUT2D eigenvalue weighted by molar-refractivity contribution is 7.90. The maximum atomic E-state index is 11.5. The first-order valence-electron chi connectivity index (χ1n) is 7.58. The van der Waals surface area contributed by atoms with Crippen molar-refractivity contribution >= 4 is 9.84 Å². The van der Waals surface area contributed by atoms with E-state index in [1.807, 2.05) is 12.1 Å². The SMILES string of the molecule is C[C@](O)(CN1Cc2ccccc2C1)c1ccc(S(C)(=O)=O)cc1. The van der Waals surface area contributed by atoms with Gasteiger partial charge in [0.2, 0.25) is 0 Å². The number of nitrogens with zero attached hydrogens (tertiary/aromatic N) is 1. The molecule has 0 aliphatic carbocycles. The summed E-state index contributed by atoms with van der Waals surface area (Å²) in [6, 6.07) is 14.8. The number of rotatable bonds is 4. The van der Waals surface area contributed by atoms with Crippen LogP contribution in [0.5, 0.6) is 0 Å². The molecule has 1 N–H and O–H groups in total. The van der Waals surface area contributed by atoms with E-state index in [1.165, 1.54) is 17.4 Å². The number of β-amino-alcohol motifs (C(OH)–C–C–N with tert-alkyl or cyclic N) is 1. The summed E-state index contributed by atoms with van der Waals surface area (Å²) in [5.74, 6) is 0. The molecule has 122 valence electrons. The Morgan fingerprint density at radius 1 is 1.04 bits per heavy atom. The van der Waals surface area contributed by atoms with Crippen molar-refractivity contribution in [2.75, 3.05) is 12.8 Å². The highest BCUT2D eigenvalue weighted by Gasteiger charge is 2.29. The minimum atomic E-state index is -3.22. The van der Waals surface area contributed by atoms with Gasteiger partial charge < -0.3 is 5.11 Å². The van der Waals surface area contributed by atoms with E-state index >= 15 is 0 Å². The number of benzene rings is 2. The molecule has 2 aromatic carbocycles. The first kappa shape index (κ1) is 16.2. The Morgan fingerprint density at radius 3 is 2.04 bits per heavy atom. The first-order chi connectivity index (χ1) is 10.8. The molecule has 23 heavy (non-hydrogen) atoms. The Hall–Kier alpha value is -1.69. The second-order valence-electron chi connectivity index (χ2n) is 6.48. The molecule has 2 aromatic rings. The van der Waals surface area contributed by atoms with E-state index in [0.29, 0.717) is 6.54 Å². The Morgan fingerprint density at radius 2 is 1.57 bits per heavy atom. The van der Waals surface area contributed by atoms with Crippen molar-refractivity contribution in [3.63, 3.8) is 0 Å². The van der Waals surface area contributed by atoms with Crippen molar-refractivity contribution in [3.05, 3.63) is 65.2 Å². The average molecular weight is 331 g/mol. The topological polar surface area (TPSA) is 57.6 Å². The molecule has 1 aliphatic rings. The van der Waals surface area contributed by atoms with Gasteiger partial charge in [0.05, 0.1) is 10.5 Å². The van der Waals surface area contributed by atoms with Crippen molar-refractivity contribution in [2.45, 2.75) is 30.5 Å². The smallest absolute Gasteiger partial charge is 0.175 e. The van der Waals surface area contributed by atoms with E-state index in [2.05, 4.69) is 17.0 Å². The highest BCUT2D eigenvalue weighted by Crippen LogP contribution is 2.28. The lowest BCUT2D eigenvalue weighted by Crippen LogP contribution is -2.36. The van der Waals surface area contributed by atoms with Gasteiger partial charge in [-0.3, -0.25) is 4.90 Å². The third kappa shape index (κ3) is 3.47. The maximum Gasteiger partial charge on any atom is 0.175 e. The number of fused-ring (bicyclic) bond motifs is 1. The molecule has 5 heteroatoms. The standard InChI is InChI=1S/C18H21NO3S/c1-18(20,16-7-9-17(10-8-16)23(2,21)22)13-19-11-14-5-3-4-6-15(14)12-19/h3-10,20H,11-13H2,1-2H3/t18-/m0/s1. The van der Waals surface area contributed by atoms with Crippen LogP contribution in [0.15, 0.2) is 53.4 Å². The van der Waals surface area contributed by atoms with Gasteiger partial charge in [-0.05, 0) is 35.7 Å². The fourth-order valence-corrected chi connectivity index (χ4v) is 3.73. The zero-order chi connectivity index (χ0) is 16.7. The minimum absolute atomic E-state index is 0.269. The van der Waals surface area contributed by atoms with Gasteiger partial charge in [0.25, 0.3) is 0 Å². The lowest BCUT2D eigenvalue weighted by molar-refractivity contribution is 0.0145. The maximum absolute atomic E-state index is 11.5. The molecule has 0 saturated heterocycles. The Labute approximate surface area is 137 Å². The molecule has 0 radical (unpaired) electrons. The first-order valence-corrected chi connectivity index (χ1v) is 9.47. The largest absolute Gasteiger partial charge is 0.384 e. The summed E-state index contributed by atoms with van der Waals surface area (Å²) in [4.78, 5) is 2.47. The minimum Gasteiger partial charge on any atom is -0.384 e. The van der Waals surface area contributed by atoms with Gasteiger partial charge in [-0.1, -0.05) is 36.4 Å². The molecule has 3 rings (SSSR count). The summed E-state index contributed by atoms with van der Waals surface area (Å²) >= 11 is 0. The van der Waals surface area contributed by atoms with Gasteiger partial charge >= 0.3 is 0 Å². The van der Waals surface area contributed by atoms with Crippen LogP contribution >= 0.6 is 0 Å². The predicted octanol–water partition coefficient (Wildman–Crippen LogP) is 2.31. The zero-order valence-electron chi connectivity index (χ0n) is 13.4. The summed E-state index contributed by atoms with van der Waals surface area (Å²) in [6.07, 6.45) is 1.18. The number of aliphatic hydroxyl groups is 1. The van der Waals surface area contributed by atoms with E-state index in [4.69, 9.17) is 0 Å². The van der Waals surface area contributed by atoms with Gasteiger partial charge in [0.15, 0.2) is 9.84 Å². The monoisotopic (exact) mass is 331 g/mol. The van der Waals surface area contributed by atoms with Gasteiger partial charge in [0.1, 0.15) is 0 Å². The molecule has 0 spiro atoms. The average Bonchev–Trinajstić information content (AvgIpc) is 2.87. The molecule has 1 heterocycles. The van der Waals surface area contributed by atoms with Gasteiger partial charge in [-0.15, -0.1) is 0 Å². The normalized spacial score (nSPS) is 17.7. The van der Waals surface area contributed by atoms with Crippen molar-refractivity contribution in [1.29, 1.82) is 0 Å². The number of hydrogen-bond donors (Lipinski definition) is 1. The molecule has 0 unspecified atom stereocenters. The van der Waals surface area contributed by atoms with Gasteiger partial charge in [-0.25, -0.2) is 8.42 Å². The van der Waals surface area contributed by atoms with Crippen LogP contribution in [-0.2, 0) is 28.5 Å². The van der Waals surface area contributed by atoms with Crippen LogP contribution in [0.25, 0.3) is 0 Å². The molecule has 1 atom stereocenters. The van der Waals surface area contributed by atoms with Crippen LogP contribution in [0.3, 0.4) is 0 Å². The van der Waals surface area contributed by atoms with Crippen molar-refractivity contribution in [1.82, 2.24) is 4.90 Å². The Balaban J connectivity index is 1.75. The Bertz CT molecular complexity index is 785. The van der Waals surface area contributed by atoms with Crippen molar-refractivity contribution in [2.24, 2.45) is 0 Å². The summed E-state index contributed by atoms with van der Waals surface area (Å²) < 4.78 is 23.1. The van der Waals surface area contributed by atoms with Gasteiger partial charge in [-0.2, -0.15) is 0 Å². The molecule has 0 fully saturated rings. The van der Waals surface area contributed by atoms with E-state index in [0.717, 1.165) is 18.7 Å². The molecular weight excluding hydrogens is 310 g/mol. The van der Waals surface area contributed by atoms with E-state index in [-0.39, 0.29) is 4.90 Å². The number of hydrogen-bond acceptors (Lipinski definition) is 4. The zero-order valence-corrected chi connectivity index (χ0v) is 14.2. The van der Waals surface area contributed by atoms with E-state index in [1.54, 1.807) is 31.2 Å². The third-order valence-corrected chi connectivity index (χ3v) is 5.47. The Kier molecular flexibility index (Phi) is 4.04. The summed E-state index contributed by atoms with van der Waals surface area (Å²) in [7, 11) is -3.22. The lowest BCUT2D eigenvalue weighted by atomic mass is 9.95. The molecule has 4 nitrogen and oxygen atoms in total. The van der Waals surface area contributed by atoms with Crippen LogP contribution < -0.4 is 0 Å². The van der Waals surface area contributed by atoms with Crippen LogP contribution in [0.1, 0.15) is 23.6 Å². The predicted molar refractivity (Wildman–Crippen MR) is 89.7 cm³/mol. The summed E-state index contributed by atoms with van der Waals surface area (Å²) in [5.41, 5.74) is 2.30. The molecule has 0 bridgehead atoms. The quantitative estimate of drug-likeness (QED) is 0.934. The van der Waals surface area contributed by atoms with Crippen LogP contribution in [0.4, 0.5) is 0 Å². The van der Waals surface area contributed by atoms with Crippen molar-refractivity contribution in [3.8, 4) is 0 Å². The molecular formula is C18H21NO3S.